The Morgan fingerprint density at radius 1 is 1.02 bits per heavy atom. The fraction of sp³-hybridized carbons (Fsp3) is 0.485. The summed E-state index contributed by atoms with van der Waals surface area (Å²) in [7, 11) is 0. The van der Waals surface area contributed by atoms with Crippen molar-refractivity contribution in [3.8, 4) is 0 Å². The lowest BCUT2D eigenvalue weighted by molar-refractivity contribution is -0.142. The van der Waals surface area contributed by atoms with Gasteiger partial charge in [-0.2, -0.15) is 13.2 Å². The highest BCUT2D eigenvalue weighted by Crippen LogP contribution is 2.41. The molecule has 0 radical (unpaired) electrons. The summed E-state index contributed by atoms with van der Waals surface area (Å²) in [6.07, 6.45) is -0.620. The number of carboxylic acid groups (broad SMARTS) is 1. The van der Waals surface area contributed by atoms with E-state index in [9.17, 15) is 36.6 Å². The molecule has 0 spiro atoms. The van der Waals surface area contributed by atoms with Crippen LogP contribution in [0.5, 0.6) is 0 Å². The zero-order valence-electron chi connectivity index (χ0n) is 26.0. The van der Waals surface area contributed by atoms with Crippen molar-refractivity contribution in [2.75, 3.05) is 36.4 Å². The fourth-order valence-electron chi connectivity index (χ4n) is 6.70. The van der Waals surface area contributed by atoms with Gasteiger partial charge >= 0.3 is 12.1 Å². The zero-order valence-corrected chi connectivity index (χ0v) is 26.0. The summed E-state index contributed by atoms with van der Waals surface area (Å²) in [5.41, 5.74) is 0.0692. The summed E-state index contributed by atoms with van der Waals surface area (Å²) in [6.45, 7) is 4.08. The number of aliphatic carboxylic acids is 1. The number of benzene rings is 2. The standard InChI is InChI=1S/C33H37F6N5O3/c1-3-32(36,20(2)26-7-6-25(34)17-27(26)35)44-14-10-23(19-44)29(45)41-31-40-11-15-43(31)18-22-4-5-24(33(37,38)39)16-28(22)42-12-8-21(9-13-42)30(46)47/h4-7,11,15-17,20-21,23H,3,8-10,12-14,18-19H2,1-2H3,(H,46,47)(H,40,41,45)/t20-,23?,32+/m1/s1. The Bertz CT molecular complexity index is 1610. The van der Waals surface area contributed by atoms with E-state index in [-0.39, 0.29) is 50.7 Å². The van der Waals surface area contributed by atoms with Crippen molar-refractivity contribution >= 4 is 23.5 Å². The van der Waals surface area contributed by atoms with Gasteiger partial charge in [0.15, 0.2) is 5.79 Å². The van der Waals surface area contributed by atoms with E-state index in [1.54, 1.807) is 22.6 Å². The largest absolute Gasteiger partial charge is 0.481 e. The third-order valence-corrected chi connectivity index (χ3v) is 9.56. The highest BCUT2D eigenvalue weighted by molar-refractivity contribution is 5.91. The van der Waals surface area contributed by atoms with Crippen LogP contribution in [-0.4, -0.2) is 63.4 Å². The first-order chi connectivity index (χ1) is 22.2. The van der Waals surface area contributed by atoms with Gasteiger partial charge in [-0.15, -0.1) is 0 Å². The molecule has 254 valence electrons. The molecule has 1 aromatic heterocycles. The minimum atomic E-state index is -4.57. The molecule has 2 aliphatic heterocycles. The monoisotopic (exact) mass is 665 g/mol. The number of carbonyl (C=O) groups is 2. The van der Waals surface area contributed by atoms with E-state index in [0.717, 1.165) is 24.3 Å². The molecule has 3 heterocycles. The van der Waals surface area contributed by atoms with Crippen LogP contribution < -0.4 is 10.2 Å². The number of aromatic nitrogens is 2. The van der Waals surface area contributed by atoms with Crippen LogP contribution in [0.3, 0.4) is 0 Å². The molecule has 5 rings (SSSR count). The summed E-state index contributed by atoms with van der Waals surface area (Å²) in [4.78, 5) is 32.3. The number of hydrogen-bond acceptors (Lipinski definition) is 5. The molecule has 47 heavy (non-hydrogen) atoms. The minimum absolute atomic E-state index is 0.00711. The Kier molecular flexibility index (Phi) is 9.90. The number of halogens is 6. The number of imidazole rings is 1. The lowest BCUT2D eigenvalue weighted by Crippen LogP contribution is -2.48. The number of hydrogen-bond donors (Lipinski definition) is 2. The second kappa shape index (κ2) is 13.6. The van der Waals surface area contributed by atoms with E-state index in [0.29, 0.717) is 30.5 Å². The molecule has 2 aromatic carbocycles. The number of likely N-dealkylation sites (tertiary alicyclic amines) is 1. The lowest BCUT2D eigenvalue weighted by Gasteiger charge is -2.39. The Morgan fingerprint density at radius 2 is 1.72 bits per heavy atom. The van der Waals surface area contributed by atoms with Crippen LogP contribution in [0, 0.1) is 23.5 Å². The molecule has 2 aliphatic rings. The maximum absolute atomic E-state index is 16.5. The van der Waals surface area contributed by atoms with Crippen LogP contribution in [0.2, 0.25) is 0 Å². The lowest BCUT2D eigenvalue weighted by atomic mass is 9.87. The van der Waals surface area contributed by atoms with E-state index in [4.69, 9.17) is 0 Å². The Morgan fingerprint density at radius 3 is 2.36 bits per heavy atom. The predicted molar refractivity (Wildman–Crippen MR) is 163 cm³/mol. The molecule has 1 unspecified atom stereocenters. The van der Waals surface area contributed by atoms with Crippen molar-refractivity contribution in [2.24, 2.45) is 11.8 Å². The van der Waals surface area contributed by atoms with Crippen LogP contribution in [-0.2, 0) is 22.3 Å². The number of alkyl halides is 4. The number of piperidine rings is 1. The third-order valence-electron chi connectivity index (χ3n) is 9.56. The van der Waals surface area contributed by atoms with Gasteiger partial charge < -0.3 is 14.6 Å². The third kappa shape index (κ3) is 7.26. The highest BCUT2D eigenvalue weighted by atomic mass is 19.4. The van der Waals surface area contributed by atoms with E-state index < -0.39 is 58.8 Å². The summed E-state index contributed by atoms with van der Waals surface area (Å²) in [5.74, 6) is -6.90. The highest BCUT2D eigenvalue weighted by Gasteiger charge is 2.46. The summed E-state index contributed by atoms with van der Waals surface area (Å²) < 4.78 is 87.0. The number of carboxylic acids is 1. The van der Waals surface area contributed by atoms with Crippen LogP contribution in [0.1, 0.15) is 62.1 Å². The fourth-order valence-corrected chi connectivity index (χ4v) is 6.70. The van der Waals surface area contributed by atoms with E-state index in [1.165, 1.54) is 30.2 Å². The van der Waals surface area contributed by atoms with Crippen LogP contribution in [0.4, 0.5) is 38.0 Å². The van der Waals surface area contributed by atoms with Gasteiger partial charge in [0.2, 0.25) is 11.9 Å². The van der Waals surface area contributed by atoms with Gasteiger partial charge in [0, 0.05) is 56.2 Å². The first-order valence-corrected chi connectivity index (χ1v) is 15.6. The molecule has 0 bridgehead atoms. The first-order valence-electron chi connectivity index (χ1n) is 15.6. The number of anilines is 2. The summed E-state index contributed by atoms with van der Waals surface area (Å²) in [6, 6.07) is 6.47. The van der Waals surface area contributed by atoms with E-state index in [2.05, 4.69) is 10.3 Å². The molecule has 14 heteroatoms. The second-order valence-corrected chi connectivity index (χ2v) is 12.3. The molecule has 3 aromatic rings. The average molecular weight is 666 g/mol. The van der Waals surface area contributed by atoms with Crippen molar-refractivity contribution in [1.29, 1.82) is 0 Å². The van der Waals surface area contributed by atoms with Crippen molar-refractivity contribution < 1.29 is 41.0 Å². The predicted octanol–water partition coefficient (Wildman–Crippen LogP) is 6.67. The minimum Gasteiger partial charge on any atom is -0.481 e. The molecule has 0 aliphatic carbocycles. The maximum Gasteiger partial charge on any atom is 0.416 e. The molecule has 1 amide bonds. The van der Waals surface area contributed by atoms with Gasteiger partial charge in [0.25, 0.3) is 0 Å². The van der Waals surface area contributed by atoms with E-state index >= 15 is 4.39 Å². The van der Waals surface area contributed by atoms with Gasteiger partial charge in [-0.3, -0.25) is 19.8 Å². The van der Waals surface area contributed by atoms with Gasteiger partial charge in [-0.1, -0.05) is 26.0 Å². The van der Waals surface area contributed by atoms with Crippen molar-refractivity contribution in [2.45, 2.75) is 64.0 Å². The molecular formula is C33H37F6N5O3. The number of rotatable bonds is 10. The smallest absolute Gasteiger partial charge is 0.416 e. The number of nitrogens with zero attached hydrogens (tertiary/aromatic N) is 4. The second-order valence-electron chi connectivity index (χ2n) is 12.3. The summed E-state index contributed by atoms with van der Waals surface area (Å²) >= 11 is 0. The van der Waals surface area contributed by atoms with Gasteiger partial charge in [-0.05, 0) is 55.0 Å². The number of amides is 1. The van der Waals surface area contributed by atoms with Crippen molar-refractivity contribution in [1.82, 2.24) is 14.5 Å². The molecule has 3 atom stereocenters. The number of nitrogens with one attached hydrogen (secondary N) is 1. The molecule has 2 N–H and O–H groups in total. The first kappa shape index (κ1) is 34.3. The van der Waals surface area contributed by atoms with Crippen LogP contribution >= 0.6 is 0 Å². The van der Waals surface area contributed by atoms with Gasteiger partial charge in [0.1, 0.15) is 11.6 Å². The van der Waals surface area contributed by atoms with Crippen molar-refractivity contribution in [3.05, 3.63) is 77.1 Å². The SMILES string of the molecule is CC[C@@](F)([C@H](C)c1ccc(F)cc1F)N1CCC(C(=O)Nc2nccn2Cc2ccc(C(F)(F)F)cc2N2CCC(C(=O)O)CC2)C1. The molecule has 0 saturated carbocycles. The summed E-state index contributed by atoms with van der Waals surface area (Å²) in [5, 5.41) is 12.1. The normalized spacial score (nSPS) is 19.8. The number of carbonyl (C=O) groups excluding carboxylic acids is 1. The molecular weight excluding hydrogens is 628 g/mol. The zero-order chi connectivity index (χ0) is 34.1. The van der Waals surface area contributed by atoms with Crippen molar-refractivity contribution in [3.63, 3.8) is 0 Å². The van der Waals surface area contributed by atoms with Gasteiger partial charge in [0.05, 0.1) is 23.9 Å². The van der Waals surface area contributed by atoms with Crippen LogP contribution in [0.15, 0.2) is 48.8 Å². The molecule has 8 nitrogen and oxygen atoms in total. The molecule has 2 saturated heterocycles. The topological polar surface area (TPSA) is 90.7 Å². The Labute approximate surface area is 268 Å². The van der Waals surface area contributed by atoms with Gasteiger partial charge in [-0.25, -0.2) is 18.2 Å². The Balaban J connectivity index is 1.30. The Hall–Kier alpha value is -4.07. The quantitative estimate of drug-likeness (QED) is 0.186. The van der Waals surface area contributed by atoms with Crippen LogP contribution in [0.25, 0.3) is 0 Å². The maximum atomic E-state index is 16.5. The average Bonchev–Trinajstić information content (AvgIpc) is 3.70. The molecule has 2 fully saturated rings. The van der Waals surface area contributed by atoms with E-state index in [1.807, 2.05) is 0 Å².